The first-order chi connectivity index (χ1) is 6.18. The minimum absolute atomic E-state index is 0.00495. The number of hydrogen-bond acceptors (Lipinski definition) is 3. The van der Waals surface area contributed by atoms with E-state index in [9.17, 15) is 0 Å². The number of nitrogens with two attached hydrogens (primary N) is 1. The Hall–Kier alpha value is -0.900. The normalized spacial score (nSPS) is 24.1. The summed E-state index contributed by atoms with van der Waals surface area (Å²) in [7, 11) is 0. The molecule has 4 heteroatoms. The van der Waals surface area contributed by atoms with Crippen LogP contribution in [0.5, 0.6) is 0 Å². The fourth-order valence-electron chi connectivity index (χ4n) is 1.84. The summed E-state index contributed by atoms with van der Waals surface area (Å²) in [5.41, 5.74) is 5.79. The first kappa shape index (κ1) is 8.69. The van der Waals surface area contributed by atoms with Crippen molar-refractivity contribution in [1.29, 1.82) is 0 Å². The molecule has 0 amide bonds. The maximum absolute atomic E-state index is 5.79. The molecule has 0 saturated heterocycles. The largest absolute Gasteiger partial charge is 0.322 e. The highest BCUT2D eigenvalue weighted by Gasteiger charge is 2.21. The van der Waals surface area contributed by atoms with Crippen molar-refractivity contribution in [1.82, 2.24) is 14.8 Å². The van der Waals surface area contributed by atoms with E-state index in [0.29, 0.717) is 0 Å². The SMILES string of the molecule is CC1CCn2c(nnc2C(C)N)C1. The number of rotatable bonds is 1. The van der Waals surface area contributed by atoms with Crippen molar-refractivity contribution in [2.24, 2.45) is 11.7 Å². The van der Waals surface area contributed by atoms with Gasteiger partial charge in [0, 0.05) is 13.0 Å². The predicted molar refractivity (Wildman–Crippen MR) is 50.1 cm³/mol. The molecule has 13 heavy (non-hydrogen) atoms. The van der Waals surface area contributed by atoms with Crippen LogP contribution >= 0.6 is 0 Å². The zero-order valence-corrected chi connectivity index (χ0v) is 8.20. The molecule has 0 aromatic carbocycles. The van der Waals surface area contributed by atoms with Gasteiger partial charge in [-0.1, -0.05) is 6.92 Å². The Labute approximate surface area is 78.1 Å². The van der Waals surface area contributed by atoms with Gasteiger partial charge in [-0.3, -0.25) is 0 Å². The van der Waals surface area contributed by atoms with Gasteiger partial charge in [-0.2, -0.15) is 0 Å². The summed E-state index contributed by atoms with van der Waals surface area (Å²) < 4.78 is 2.17. The third kappa shape index (κ3) is 1.46. The van der Waals surface area contributed by atoms with Gasteiger partial charge in [-0.15, -0.1) is 10.2 Å². The number of aromatic nitrogens is 3. The van der Waals surface area contributed by atoms with Crippen molar-refractivity contribution in [2.75, 3.05) is 0 Å². The maximum Gasteiger partial charge on any atom is 0.149 e. The fraction of sp³-hybridized carbons (Fsp3) is 0.778. The van der Waals surface area contributed by atoms with Crippen LogP contribution in [0.25, 0.3) is 0 Å². The van der Waals surface area contributed by atoms with Crippen molar-refractivity contribution < 1.29 is 0 Å². The standard InChI is InChI=1S/C9H16N4/c1-6-3-4-13-8(5-6)11-12-9(13)7(2)10/h6-7H,3-5,10H2,1-2H3. The monoisotopic (exact) mass is 180 g/mol. The molecule has 2 N–H and O–H groups in total. The minimum Gasteiger partial charge on any atom is -0.322 e. The van der Waals surface area contributed by atoms with E-state index in [2.05, 4.69) is 21.7 Å². The molecule has 0 aliphatic carbocycles. The Morgan fingerprint density at radius 3 is 3.00 bits per heavy atom. The van der Waals surface area contributed by atoms with Gasteiger partial charge >= 0.3 is 0 Å². The number of fused-ring (bicyclic) bond motifs is 1. The summed E-state index contributed by atoms with van der Waals surface area (Å²) in [6.45, 7) is 5.24. The molecule has 1 aliphatic heterocycles. The van der Waals surface area contributed by atoms with E-state index >= 15 is 0 Å². The summed E-state index contributed by atoms with van der Waals surface area (Å²) in [6.07, 6.45) is 2.25. The maximum atomic E-state index is 5.79. The van der Waals surface area contributed by atoms with Gasteiger partial charge in [-0.05, 0) is 19.3 Å². The van der Waals surface area contributed by atoms with Gasteiger partial charge in [0.05, 0.1) is 6.04 Å². The van der Waals surface area contributed by atoms with Gasteiger partial charge in [0.15, 0.2) is 0 Å². The van der Waals surface area contributed by atoms with Crippen LogP contribution in [0, 0.1) is 5.92 Å². The second-order valence-electron chi connectivity index (χ2n) is 4.01. The van der Waals surface area contributed by atoms with E-state index in [-0.39, 0.29) is 6.04 Å². The van der Waals surface area contributed by atoms with Gasteiger partial charge < -0.3 is 10.3 Å². The topological polar surface area (TPSA) is 56.7 Å². The summed E-state index contributed by atoms with van der Waals surface area (Å²) in [6, 6.07) is -0.00495. The molecule has 72 valence electrons. The Balaban J connectivity index is 2.33. The van der Waals surface area contributed by atoms with Crippen molar-refractivity contribution in [2.45, 2.75) is 39.3 Å². The molecule has 0 bridgehead atoms. The van der Waals surface area contributed by atoms with E-state index in [1.54, 1.807) is 0 Å². The van der Waals surface area contributed by atoms with Crippen molar-refractivity contribution in [3.8, 4) is 0 Å². The molecule has 4 nitrogen and oxygen atoms in total. The molecular formula is C9H16N4. The zero-order valence-electron chi connectivity index (χ0n) is 8.20. The van der Waals surface area contributed by atoms with Gasteiger partial charge in [0.1, 0.15) is 11.6 Å². The lowest BCUT2D eigenvalue weighted by molar-refractivity contribution is 0.399. The van der Waals surface area contributed by atoms with E-state index in [4.69, 9.17) is 5.73 Å². The summed E-state index contributed by atoms with van der Waals surface area (Å²) in [4.78, 5) is 0. The second-order valence-corrected chi connectivity index (χ2v) is 4.01. The molecule has 2 unspecified atom stereocenters. The van der Waals surface area contributed by atoms with Crippen LogP contribution < -0.4 is 5.73 Å². The third-order valence-corrected chi connectivity index (χ3v) is 2.64. The van der Waals surface area contributed by atoms with Crippen LogP contribution in [0.1, 0.15) is 38.0 Å². The number of nitrogens with zero attached hydrogens (tertiary/aromatic N) is 3. The highest BCUT2D eigenvalue weighted by atomic mass is 15.3. The molecule has 2 atom stereocenters. The van der Waals surface area contributed by atoms with Crippen LogP contribution in [0.4, 0.5) is 0 Å². The molecule has 1 aromatic rings. The summed E-state index contributed by atoms with van der Waals surface area (Å²) >= 11 is 0. The quantitative estimate of drug-likeness (QED) is 0.698. The van der Waals surface area contributed by atoms with E-state index in [0.717, 1.165) is 30.5 Å². The fourth-order valence-corrected chi connectivity index (χ4v) is 1.84. The van der Waals surface area contributed by atoms with Crippen molar-refractivity contribution >= 4 is 0 Å². The average molecular weight is 180 g/mol. The molecule has 0 spiro atoms. The van der Waals surface area contributed by atoms with Crippen LogP contribution in [0.3, 0.4) is 0 Å². The molecule has 1 aromatic heterocycles. The second kappa shape index (κ2) is 3.10. The molecular weight excluding hydrogens is 164 g/mol. The molecule has 0 radical (unpaired) electrons. The van der Waals surface area contributed by atoms with E-state index < -0.39 is 0 Å². The highest BCUT2D eigenvalue weighted by Crippen LogP contribution is 2.21. The summed E-state index contributed by atoms with van der Waals surface area (Å²) in [5, 5.41) is 8.28. The molecule has 2 rings (SSSR count). The Kier molecular flexibility index (Phi) is 2.07. The summed E-state index contributed by atoms with van der Waals surface area (Å²) in [5.74, 6) is 2.77. The molecule has 2 heterocycles. The Morgan fingerprint density at radius 2 is 2.31 bits per heavy atom. The molecule has 0 saturated carbocycles. The lowest BCUT2D eigenvalue weighted by atomic mass is 10.0. The van der Waals surface area contributed by atoms with Gasteiger partial charge in [0.2, 0.25) is 0 Å². The van der Waals surface area contributed by atoms with Crippen LogP contribution in [0.15, 0.2) is 0 Å². The van der Waals surface area contributed by atoms with Crippen LogP contribution in [0.2, 0.25) is 0 Å². The Bertz CT molecular complexity index is 303. The zero-order chi connectivity index (χ0) is 9.42. The molecule has 0 fully saturated rings. The van der Waals surface area contributed by atoms with E-state index in [1.807, 2.05) is 6.92 Å². The van der Waals surface area contributed by atoms with Crippen LogP contribution in [-0.4, -0.2) is 14.8 Å². The lowest BCUT2D eigenvalue weighted by Gasteiger charge is -2.20. The van der Waals surface area contributed by atoms with Crippen molar-refractivity contribution in [3.05, 3.63) is 11.6 Å². The molecule has 1 aliphatic rings. The third-order valence-electron chi connectivity index (χ3n) is 2.64. The number of hydrogen-bond donors (Lipinski definition) is 1. The average Bonchev–Trinajstić information content (AvgIpc) is 2.46. The lowest BCUT2D eigenvalue weighted by Crippen LogP contribution is -2.21. The smallest absolute Gasteiger partial charge is 0.149 e. The predicted octanol–water partition coefficient (Wildman–Crippen LogP) is 0.880. The highest BCUT2D eigenvalue weighted by molar-refractivity contribution is 5.02. The first-order valence-electron chi connectivity index (χ1n) is 4.86. The Morgan fingerprint density at radius 1 is 1.54 bits per heavy atom. The minimum atomic E-state index is -0.00495. The van der Waals surface area contributed by atoms with Gasteiger partial charge in [-0.25, -0.2) is 0 Å². The first-order valence-corrected chi connectivity index (χ1v) is 4.86. The van der Waals surface area contributed by atoms with Crippen molar-refractivity contribution in [3.63, 3.8) is 0 Å². The van der Waals surface area contributed by atoms with Gasteiger partial charge in [0.25, 0.3) is 0 Å². The van der Waals surface area contributed by atoms with Crippen LogP contribution in [-0.2, 0) is 13.0 Å². The van der Waals surface area contributed by atoms with E-state index in [1.165, 1.54) is 6.42 Å².